The molecular formula is C50H44N2. The van der Waals surface area contributed by atoms with Gasteiger partial charge in [-0.3, -0.25) is 0 Å². The normalized spacial score (nSPS) is 16.3. The van der Waals surface area contributed by atoms with Crippen LogP contribution in [0.5, 0.6) is 0 Å². The topological polar surface area (TPSA) is 25.8 Å². The number of hydrogen-bond donors (Lipinski definition) is 0. The number of fused-ring (bicyclic) bond motifs is 1. The molecule has 5 aromatic carbocycles. The minimum Gasteiger partial charge on any atom is -0.228 e. The van der Waals surface area contributed by atoms with E-state index in [9.17, 15) is 0 Å². The van der Waals surface area contributed by atoms with E-state index in [1.807, 2.05) is 0 Å². The van der Waals surface area contributed by atoms with Crippen molar-refractivity contribution in [1.29, 1.82) is 0 Å². The Morgan fingerprint density at radius 3 is 1.87 bits per heavy atom. The lowest BCUT2D eigenvalue weighted by Crippen LogP contribution is -2.30. The van der Waals surface area contributed by atoms with Gasteiger partial charge in [-0.05, 0) is 95.2 Å². The van der Waals surface area contributed by atoms with Gasteiger partial charge in [-0.15, -0.1) is 0 Å². The summed E-state index contributed by atoms with van der Waals surface area (Å²) in [7, 11) is 0. The molecule has 2 nitrogen and oxygen atoms in total. The Balaban J connectivity index is 1.04. The first kappa shape index (κ1) is 32.3. The van der Waals surface area contributed by atoms with Gasteiger partial charge in [0.05, 0.1) is 11.4 Å². The highest BCUT2D eigenvalue weighted by molar-refractivity contribution is 5.81. The fourth-order valence-corrected chi connectivity index (χ4v) is 8.69. The van der Waals surface area contributed by atoms with E-state index in [2.05, 4.69) is 158 Å². The monoisotopic (exact) mass is 672 g/mol. The molecular weight excluding hydrogens is 629 g/mol. The van der Waals surface area contributed by atoms with Crippen LogP contribution in [0.4, 0.5) is 0 Å². The average Bonchev–Trinajstić information content (AvgIpc) is 3.24. The number of aromatic nitrogens is 2. The fraction of sp³-hybridized carbons (Fsp3) is 0.200. The molecule has 0 bridgehead atoms. The molecule has 0 amide bonds. The van der Waals surface area contributed by atoms with E-state index in [1.165, 1.54) is 76.6 Å². The molecule has 0 N–H and O–H groups in total. The molecule has 1 fully saturated rings. The van der Waals surface area contributed by atoms with E-state index in [1.54, 1.807) is 0 Å². The standard InChI is InChI=1S/C50H44N2/c1-4-15-38(16-5-1)47-35-48(52-49(51-47)40-17-6-2-7-18-40)39-26-30-44(31-27-39)50(32-10-3-11-33-50)43-28-24-36(25-29-43)41-20-12-21-42(34-41)46-23-13-19-37-14-8-9-22-45(37)46/h1,4-6,9,12-13,15-31,34-35H,2-3,7-8,10-11,14,32-33H2. The molecule has 3 aliphatic rings. The number of aryl methyl sites for hydroxylation is 1. The third-order valence-corrected chi connectivity index (χ3v) is 11.5. The van der Waals surface area contributed by atoms with Crippen LogP contribution in [0.2, 0.25) is 0 Å². The predicted octanol–water partition coefficient (Wildman–Crippen LogP) is 13.1. The molecule has 0 radical (unpaired) electrons. The van der Waals surface area contributed by atoms with E-state index in [0.717, 1.165) is 59.6 Å². The van der Waals surface area contributed by atoms with Crippen LogP contribution in [0.15, 0.2) is 152 Å². The molecule has 52 heavy (non-hydrogen) atoms. The van der Waals surface area contributed by atoms with Crippen molar-refractivity contribution in [3.8, 4) is 44.8 Å². The minimum atomic E-state index is 0.0102. The summed E-state index contributed by atoms with van der Waals surface area (Å²) in [6.45, 7) is 0. The van der Waals surface area contributed by atoms with Gasteiger partial charge >= 0.3 is 0 Å². The van der Waals surface area contributed by atoms with Crippen molar-refractivity contribution < 1.29 is 0 Å². The highest BCUT2D eigenvalue weighted by Crippen LogP contribution is 2.46. The zero-order valence-electron chi connectivity index (χ0n) is 29.8. The molecule has 0 unspecified atom stereocenters. The first-order chi connectivity index (χ1) is 25.7. The van der Waals surface area contributed by atoms with Crippen LogP contribution in [-0.4, -0.2) is 9.97 Å². The van der Waals surface area contributed by atoms with Gasteiger partial charge in [0.25, 0.3) is 0 Å². The molecule has 0 spiro atoms. The lowest BCUT2D eigenvalue weighted by atomic mass is 9.65. The van der Waals surface area contributed by atoms with Gasteiger partial charge < -0.3 is 0 Å². The van der Waals surface area contributed by atoms with Crippen molar-refractivity contribution in [2.75, 3.05) is 0 Å². The van der Waals surface area contributed by atoms with Gasteiger partial charge in [0, 0.05) is 22.1 Å². The SMILES string of the molecule is C1=CC(c2nc(-c3ccccc3)cc(-c3ccc(C4(c5ccc(-c6cccc(-c7cccc8c7C=CCC8)c6)cc5)CCCCC4)cc3)n2)=CCC1. The van der Waals surface area contributed by atoms with Crippen LogP contribution in [0, 0.1) is 0 Å². The third-order valence-electron chi connectivity index (χ3n) is 11.5. The van der Waals surface area contributed by atoms with Crippen molar-refractivity contribution in [2.45, 2.75) is 63.2 Å². The minimum absolute atomic E-state index is 0.0102. The van der Waals surface area contributed by atoms with Gasteiger partial charge in [-0.25, -0.2) is 9.97 Å². The van der Waals surface area contributed by atoms with Crippen LogP contribution in [0.1, 0.15) is 79.4 Å². The Morgan fingerprint density at radius 1 is 0.481 bits per heavy atom. The molecule has 1 heterocycles. The molecule has 0 saturated heterocycles. The summed E-state index contributed by atoms with van der Waals surface area (Å²) < 4.78 is 0. The van der Waals surface area contributed by atoms with Crippen LogP contribution in [0.3, 0.4) is 0 Å². The van der Waals surface area contributed by atoms with Gasteiger partial charge in [0.2, 0.25) is 0 Å². The Hall–Kier alpha value is -5.60. The molecule has 1 aromatic heterocycles. The van der Waals surface area contributed by atoms with Crippen molar-refractivity contribution >= 4 is 11.6 Å². The van der Waals surface area contributed by atoms with E-state index in [-0.39, 0.29) is 5.41 Å². The number of allylic oxidation sites excluding steroid dienone is 5. The molecule has 6 aromatic rings. The number of benzene rings is 5. The van der Waals surface area contributed by atoms with Gasteiger partial charge in [-0.2, -0.15) is 0 Å². The molecule has 9 rings (SSSR count). The summed E-state index contributed by atoms with van der Waals surface area (Å²) in [5, 5.41) is 0. The molecule has 1 saturated carbocycles. The van der Waals surface area contributed by atoms with Crippen molar-refractivity contribution in [3.63, 3.8) is 0 Å². The Kier molecular flexibility index (Phi) is 8.82. The summed E-state index contributed by atoms with van der Waals surface area (Å²) in [6, 6.07) is 47.3. The Morgan fingerprint density at radius 2 is 1.13 bits per heavy atom. The third kappa shape index (κ3) is 6.28. The summed E-state index contributed by atoms with van der Waals surface area (Å²) in [6.07, 6.45) is 21.8. The van der Waals surface area contributed by atoms with Crippen LogP contribution in [-0.2, 0) is 11.8 Å². The zero-order chi connectivity index (χ0) is 34.7. The fourth-order valence-electron chi connectivity index (χ4n) is 8.69. The summed E-state index contributed by atoms with van der Waals surface area (Å²) >= 11 is 0. The van der Waals surface area contributed by atoms with E-state index in [4.69, 9.17) is 9.97 Å². The maximum atomic E-state index is 5.12. The Bertz CT molecular complexity index is 2300. The van der Waals surface area contributed by atoms with Crippen LogP contribution in [0.25, 0.3) is 56.4 Å². The lowest BCUT2D eigenvalue weighted by Gasteiger charge is -2.39. The number of nitrogens with zero attached hydrogens (tertiary/aromatic N) is 2. The maximum absolute atomic E-state index is 5.12. The maximum Gasteiger partial charge on any atom is 0.160 e. The van der Waals surface area contributed by atoms with E-state index < -0.39 is 0 Å². The van der Waals surface area contributed by atoms with Crippen molar-refractivity contribution in [3.05, 3.63) is 180 Å². The zero-order valence-corrected chi connectivity index (χ0v) is 29.8. The first-order valence-electron chi connectivity index (χ1n) is 19.2. The van der Waals surface area contributed by atoms with Crippen molar-refractivity contribution in [2.24, 2.45) is 0 Å². The highest BCUT2D eigenvalue weighted by atomic mass is 14.9. The molecule has 2 heteroatoms. The summed E-state index contributed by atoms with van der Waals surface area (Å²) in [4.78, 5) is 10.1. The highest BCUT2D eigenvalue weighted by Gasteiger charge is 2.35. The van der Waals surface area contributed by atoms with Crippen LogP contribution >= 0.6 is 0 Å². The van der Waals surface area contributed by atoms with Crippen molar-refractivity contribution in [1.82, 2.24) is 9.97 Å². The second-order valence-corrected chi connectivity index (χ2v) is 14.7. The molecule has 0 aliphatic heterocycles. The summed E-state index contributed by atoms with van der Waals surface area (Å²) in [5.74, 6) is 0.797. The second-order valence-electron chi connectivity index (χ2n) is 14.7. The van der Waals surface area contributed by atoms with Crippen LogP contribution < -0.4 is 0 Å². The smallest absolute Gasteiger partial charge is 0.160 e. The van der Waals surface area contributed by atoms with E-state index in [0.29, 0.717) is 0 Å². The average molecular weight is 673 g/mol. The summed E-state index contributed by atoms with van der Waals surface area (Å²) in [5.41, 5.74) is 16.1. The predicted molar refractivity (Wildman–Crippen MR) is 218 cm³/mol. The quantitative estimate of drug-likeness (QED) is 0.169. The van der Waals surface area contributed by atoms with E-state index >= 15 is 0 Å². The molecule has 0 atom stereocenters. The van der Waals surface area contributed by atoms with Gasteiger partial charge in [0.15, 0.2) is 5.82 Å². The van der Waals surface area contributed by atoms with Gasteiger partial charge in [-0.1, -0.05) is 165 Å². The Labute approximate surface area is 308 Å². The number of hydrogen-bond acceptors (Lipinski definition) is 2. The first-order valence-corrected chi connectivity index (χ1v) is 19.2. The second kappa shape index (κ2) is 14.2. The van der Waals surface area contributed by atoms with Gasteiger partial charge in [0.1, 0.15) is 0 Å². The molecule has 254 valence electrons. The molecule has 3 aliphatic carbocycles. The lowest BCUT2D eigenvalue weighted by molar-refractivity contribution is 0.346. The largest absolute Gasteiger partial charge is 0.228 e. The number of rotatable bonds is 7.